The minimum atomic E-state index is -0.0145. The lowest BCUT2D eigenvalue weighted by atomic mass is 10.1. The maximum absolute atomic E-state index is 12.8. The van der Waals surface area contributed by atoms with E-state index in [4.69, 9.17) is 4.74 Å². The average Bonchev–Trinajstić information content (AvgIpc) is 3.23. The van der Waals surface area contributed by atoms with E-state index in [1.54, 1.807) is 13.3 Å². The zero-order chi connectivity index (χ0) is 14.8. The number of rotatable bonds is 5. The van der Waals surface area contributed by atoms with Crippen LogP contribution >= 0.6 is 11.3 Å². The summed E-state index contributed by atoms with van der Waals surface area (Å²) in [6.07, 6.45) is 3.92. The summed E-state index contributed by atoms with van der Waals surface area (Å²) in [5.41, 5.74) is 0.932. The van der Waals surface area contributed by atoms with E-state index in [0.717, 1.165) is 29.2 Å². The third kappa shape index (κ3) is 2.93. The van der Waals surface area contributed by atoms with Gasteiger partial charge in [0.1, 0.15) is 5.75 Å². The quantitative estimate of drug-likeness (QED) is 0.848. The number of thiophene rings is 1. The van der Waals surface area contributed by atoms with Gasteiger partial charge in [-0.25, -0.2) is 0 Å². The van der Waals surface area contributed by atoms with Crippen molar-refractivity contribution in [2.75, 3.05) is 7.11 Å². The number of aromatic nitrogens is 1. The Morgan fingerprint density at radius 3 is 2.86 bits per heavy atom. The van der Waals surface area contributed by atoms with E-state index in [2.05, 4.69) is 4.98 Å². The molecule has 1 atom stereocenters. The molecule has 5 heteroatoms. The highest BCUT2D eigenvalue weighted by Crippen LogP contribution is 2.36. The van der Waals surface area contributed by atoms with Gasteiger partial charge in [0.05, 0.1) is 23.7 Å². The summed E-state index contributed by atoms with van der Waals surface area (Å²) in [7, 11) is 1.62. The fraction of sp³-hybridized carbons (Fsp3) is 0.375. The zero-order valence-electron chi connectivity index (χ0n) is 12.2. The van der Waals surface area contributed by atoms with Gasteiger partial charge in [-0.1, -0.05) is 6.07 Å². The Morgan fingerprint density at radius 2 is 2.29 bits per heavy atom. The third-order valence-corrected chi connectivity index (χ3v) is 4.63. The molecule has 1 amide bonds. The smallest absolute Gasteiger partial charge is 0.264 e. The molecule has 1 fully saturated rings. The largest absolute Gasteiger partial charge is 0.496 e. The van der Waals surface area contributed by atoms with Crippen LogP contribution in [0.25, 0.3) is 0 Å². The van der Waals surface area contributed by atoms with Gasteiger partial charge in [-0.2, -0.15) is 0 Å². The van der Waals surface area contributed by atoms with E-state index < -0.39 is 0 Å². The van der Waals surface area contributed by atoms with Crippen LogP contribution in [0.1, 0.15) is 41.2 Å². The van der Waals surface area contributed by atoms with Crippen molar-refractivity contribution in [3.63, 3.8) is 0 Å². The first-order chi connectivity index (χ1) is 10.2. The van der Waals surface area contributed by atoms with Crippen LogP contribution in [-0.2, 0) is 0 Å². The lowest BCUT2D eigenvalue weighted by molar-refractivity contribution is 0.0675. The highest BCUT2D eigenvalue weighted by molar-refractivity contribution is 7.12. The molecule has 0 aliphatic heterocycles. The first kappa shape index (κ1) is 14.1. The molecule has 4 nitrogen and oxygen atoms in total. The standard InChI is InChI=1S/C16H18N2O2S/c1-11(14-5-3-4-8-17-14)18(12-6-7-12)16(19)15-9-13(20-2)10-21-15/h3-5,8-12H,6-7H2,1-2H3/t11-/m1/s1. The molecule has 2 heterocycles. The van der Waals surface area contributed by atoms with Gasteiger partial charge < -0.3 is 9.64 Å². The van der Waals surface area contributed by atoms with E-state index in [1.807, 2.05) is 41.5 Å². The van der Waals surface area contributed by atoms with Crippen molar-refractivity contribution >= 4 is 17.2 Å². The van der Waals surface area contributed by atoms with Crippen molar-refractivity contribution < 1.29 is 9.53 Å². The molecule has 3 rings (SSSR count). The molecule has 110 valence electrons. The van der Waals surface area contributed by atoms with Gasteiger partial charge in [0.25, 0.3) is 5.91 Å². The SMILES string of the molecule is COc1csc(C(=O)N(C2CC2)[C@H](C)c2ccccn2)c1. The molecule has 2 aromatic rings. The molecule has 0 saturated heterocycles. The molecular formula is C16H18N2O2S. The predicted molar refractivity (Wildman–Crippen MR) is 82.7 cm³/mol. The Bertz CT molecular complexity index is 622. The molecule has 0 radical (unpaired) electrons. The third-order valence-electron chi connectivity index (χ3n) is 3.73. The first-order valence-corrected chi connectivity index (χ1v) is 7.95. The number of ether oxygens (including phenoxy) is 1. The molecule has 1 aliphatic rings. The van der Waals surface area contributed by atoms with Crippen LogP contribution < -0.4 is 4.74 Å². The summed E-state index contributed by atoms with van der Waals surface area (Å²) in [6, 6.07) is 7.96. The van der Waals surface area contributed by atoms with Gasteiger partial charge in [0, 0.05) is 23.7 Å². The van der Waals surface area contributed by atoms with Gasteiger partial charge in [0.2, 0.25) is 0 Å². The normalized spacial score (nSPS) is 15.5. The Hall–Kier alpha value is -1.88. The van der Waals surface area contributed by atoms with Gasteiger partial charge in [-0.3, -0.25) is 9.78 Å². The molecule has 0 spiro atoms. The second-order valence-electron chi connectivity index (χ2n) is 5.22. The van der Waals surface area contributed by atoms with Gasteiger partial charge in [-0.05, 0) is 31.9 Å². The summed E-state index contributed by atoms with van der Waals surface area (Å²) in [6.45, 7) is 2.05. The van der Waals surface area contributed by atoms with E-state index in [1.165, 1.54) is 11.3 Å². The summed E-state index contributed by atoms with van der Waals surface area (Å²) in [5.74, 6) is 0.813. The molecule has 1 saturated carbocycles. The van der Waals surface area contributed by atoms with Crippen LogP contribution in [0.2, 0.25) is 0 Å². The van der Waals surface area contributed by atoms with E-state index in [0.29, 0.717) is 6.04 Å². The summed E-state index contributed by atoms with van der Waals surface area (Å²) < 4.78 is 5.17. The van der Waals surface area contributed by atoms with Crippen molar-refractivity contribution in [1.29, 1.82) is 0 Å². The number of carbonyl (C=O) groups is 1. The van der Waals surface area contributed by atoms with Crippen LogP contribution in [0.3, 0.4) is 0 Å². The number of carbonyl (C=O) groups excluding carboxylic acids is 1. The van der Waals surface area contributed by atoms with Crippen LogP contribution in [0.5, 0.6) is 5.75 Å². The molecule has 0 bridgehead atoms. The van der Waals surface area contributed by atoms with Crippen LogP contribution in [0, 0.1) is 0 Å². The van der Waals surface area contributed by atoms with Crippen molar-refractivity contribution in [3.8, 4) is 5.75 Å². The molecule has 0 aromatic carbocycles. The number of nitrogens with zero attached hydrogens (tertiary/aromatic N) is 2. The van der Waals surface area contributed by atoms with Crippen molar-refractivity contribution in [2.24, 2.45) is 0 Å². The molecule has 21 heavy (non-hydrogen) atoms. The molecule has 0 N–H and O–H groups in total. The second-order valence-corrected chi connectivity index (χ2v) is 6.14. The maximum Gasteiger partial charge on any atom is 0.264 e. The summed E-state index contributed by atoms with van der Waals surface area (Å²) >= 11 is 1.43. The van der Waals surface area contributed by atoms with Crippen molar-refractivity contribution in [2.45, 2.75) is 31.8 Å². The lowest BCUT2D eigenvalue weighted by Gasteiger charge is -2.28. The molecule has 0 unspecified atom stereocenters. The highest BCUT2D eigenvalue weighted by Gasteiger charge is 2.37. The van der Waals surface area contributed by atoms with E-state index in [9.17, 15) is 4.79 Å². The van der Waals surface area contributed by atoms with Crippen molar-refractivity contribution in [1.82, 2.24) is 9.88 Å². The zero-order valence-corrected chi connectivity index (χ0v) is 13.0. The number of hydrogen-bond donors (Lipinski definition) is 0. The number of hydrogen-bond acceptors (Lipinski definition) is 4. The summed E-state index contributed by atoms with van der Waals surface area (Å²) in [5, 5.41) is 1.86. The minimum absolute atomic E-state index is 0.0145. The van der Waals surface area contributed by atoms with Crippen LogP contribution in [0.4, 0.5) is 0 Å². The van der Waals surface area contributed by atoms with Gasteiger partial charge in [0.15, 0.2) is 0 Å². The first-order valence-electron chi connectivity index (χ1n) is 7.07. The average molecular weight is 302 g/mol. The molecular weight excluding hydrogens is 284 g/mol. The fourth-order valence-corrected chi connectivity index (χ4v) is 3.24. The predicted octanol–water partition coefficient (Wildman–Crippen LogP) is 3.52. The Kier molecular flexibility index (Phi) is 3.92. The number of amides is 1. The van der Waals surface area contributed by atoms with E-state index >= 15 is 0 Å². The molecule has 1 aliphatic carbocycles. The van der Waals surface area contributed by atoms with Crippen molar-refractivity contribution in [3.05, 3.63) is 46.4 Å². The van der Waals surface area contributed by atoms with Gasteiger partial charge >= 0.3 is 0 Å². The fourth-order valence-electron chi connectivity index (χ4n) is 2.44. The lowest BCUT2D eigenvalue weighted by Crippen LogP contribution is -2.35. The maximum atomic E-state index is 12.8. The number of methoxy groups -OCH3 is 1. The Morgan fingerprint density at radius 1 is 1.48 bits per heavy atom. The van der Waals surface area contributed by atoms with E-state index in [-0.39, 0.29) is 11.9 Å². The minimum Gasteiger partial charge on any atom is -0.496 e. The Labute approximate surface area is 128 Å². The second kappa shape index (κ2) is 5.85. The number of pyridine rings is 1. The monoisotopic (exact) mass is 302 g/mol. The van der Waals surface area contributed by atoms with Crippen LogP contribution in [0.15, 0.2) is 35.8 Å². The van der Waals surface area contributed by atoms with Crippen LogP contribution in [-0.4, -0.2) is 28.9 Å². The molecule has 2 aromatic heterocycles. The highest BCUT2D eigenvalue weighted by atomic mass is 32.1. The summed E-state index contributed by atoms with van der Waals surface area (Å²) in [4.78, 5) is 19.9. The Balaban J connectivity index is 1.86. The topological polar surface area (TPSA) is 42.4 Å². The van der Waals surface area contributed by atoms with Gasteiger partial charge in [-0.15, -0.1) is 11.3 Å².